The van der Waals surface area contributed by atoms with E-state index in [0.717, 1.165) is 25.7 Å². The molecule has 0 aromatic rings. The topological polar surface area (TPSA) is 78.9 Å². The third-order valence-electron chi connectivity index (χ3n) is 19.8. The van der Waals surface area contributed by atoms with Gasteiger partial charge in [-0.2, -0.15) is 0 Å². The summed E-state index contributed by atoms with van der Waals surface area (Å²) in [6.45, 7) is 14.3. The Hall–Kier alpha value is -1.59. The highest BCUT2D eigenvalue weighted by atomic mass is 16.5. The minimum atomic E-state index is -0.0306. The van der Waals surface area contributed by atoms with Crippen molar-refractivity contribution < 1.29 is 28.6 Å². The minimum Gasteiger partial charge on any atom is -0.466 e. The molecule has 0 spiro atoms. The highest BCUT2D eigenvalue weighted by Gasteiger charge is 2.15. The van der Waals surface area contributed by atoms with E-state index in [9.17, 15) is 14.4 Å². The van der Waals surface area contributed by atoms with Crippen molar-refractivity contribution in [3.05, 3.63) is 0 Å². The number of ether oxygens (including phenoxy) is 3. The molecule has 0 aromatic carbocycles. The molecule has 0 N–H and O–H groups in total. The van der Waals surface area contributed by atoms with Crippen molar-refractivity contribution in [2.75, 3.05) is 13.2 Å². The lowest BCUT2D eigenvalue weighted by Gasteiger charge is -2.20. The highest BCUT2D eigenvalue weighted by molar-refractivity contribution is 5.70. The SMILES string of the molecule is CCCCCCCCCCCCCCCCCC(=O)OCC1CCCCC1.CCCCCCCCCCCCCCCCCCCCCC(=O)OC(C)C.CCCCCCCCCCCCCCCCCCOC(=O)CCCCCCCCCCCCCCCCC. The van der Waals surface area contributed by atoms with Crippen LogP contribution in [0.1, 0.15) is 510 Å². The molecule has 0 unspecified atom stereocenters. The zero-order valence-corrected chi connectivity index (χ0v) is 64.1. The van der Waals surface area contributed by atoms with Gasteiger partial charge in [-0.05, 0) is 58.3 Å². The average Bonchev–Trinajstić information content (AvgIpc) is 3.77. The fourth-order valence-electron chi connectivity index (χ4n) is 13.5. The first-order chi connectivity index (χ1) is 45.3. The molecule has 0 amide bonds. The Morgan fingerprint density at radius 3 is 0.674 bits per heavy atom. The van der Waals surface area contributed by atoms with E-state index in [0.29, 0.717) is 38.4 Å². The summed E-state index contributed by atoms with van der Waals surface area (Å²) < 4.78 is 16.1. The first-order valence-electron chi connectivity index (χ1n) is 42.8. The Kier molecular flexibility index (Phi) is 84.1. The molecule has 1 rings (SSSR count). The van der Waals surface area contributed by atoms with E-state index < -0.39 is 0 Å². The van der Waals surface area contributed by atoms with Crippen LogP contribution in [0.15, 0.2) is 0 Å². The number of unbranched alkanes of at least 4 members (excludes halogenated alkanes) is 61. The van der Waals surface area contributed by atoms with Gasteiger partial charge in [0.1, 0.15) is 0 Å². The fourth-order valence-corrected chi connectivity index (χ4v) is 13.5. The van der Waals surface area contributed by atoms with Crippen LogP contribution < -0.4 is 0 Å². The molecule has 1 fully saturated rings. The van der Waals surface area contributed by atoms with Gasteiger partial charge < -0.3 is 14.2 Å². The van der Waals surface area contributed by atoms with Gasteiger partial charge in [-0.3, -0.25) is 14.4 Å². The number of hydrogen-bond donors (Lipinski definition) is 0. The third-order valence-corrected chi connectivity index (χ3v) is 19.8. The average molecular weight is 1300 g/mol. The lowest BCUT2D eigenvalue weighted by Crippen LogP contribution is -2.16. The molecule has 6 nitrogen and oxygen atoms in total. The van der Waals surface area contributed by atoms with Gasteiger partial charge in [0.15, 0.2) is 0 Å². The molecule has 1 saturated carbocycles. The molecule has 0 heterocycles. The molecule has 0 aromatic heterocycles. The van der Waals surface area contributed by atoms with E-state index in [4.69, 9.17) is 14.2 Å². The second-order valence-corrected chi connectivity index (χ2v) is 29.8. The lowest BCUT2D eigenvalue weighted by molar-refractivity contribution is -0.148. The van der Waals surface area contributed by atoms with Crippen molar-refractivity contribution in [2.45, 2.75) is 516 Å². The summed E-state index contributed by atoms with van der Waals surface area (Å²) in [5, 5.41) is 0. The number of hydrogen-bond acceptors (Lipinski definition) is 6. The summed E-state index contributed by atoms with van der Waals surface area (Å²) in [5.74, 6) is 0.677. The summed E-state index contributed by atoms with van der Waals surface area (Å²) in [4.78, 5) is 35.1. The number of carbonyl (C=O) groups is 3. The summed E-state index contributed by atoms with van der Waals surface area (Å²) in [7, 11) is 0. The van der Waals surface area contributed by atoms with Crippen LogP contribution in [-0.2, 0) is 28.6 Å². The summed E-state index contributed by atoms with van der Waals surface area (Å²) in [6.07, 6.45) is 97.5. The molecule has 1 aliphatic carbocycles. The first-order valence-corrected chi connectivity index (χ1v) is 42.8. The Bertz CT molecular complexity index is 1370. The van der Waals surface area contributed by atoms with Crippen LogP contribution in [0.25, 0.3) is 0 Å². The largest absolute Gasteiger partial charge is 0.466 e. The lowest BCUT2D eigenvalue weighted by atomic mass is 9.90. The van der Waals surface area contributed by atoms with E-state index in [1.165, 1.54) is 424 Å². The molecule has 0 radical (unpaired) electrons. The summed E-state index contributed by atoms with van der Waals surface area (Å²) in [5.41, 5.74) is 0. The minimum absolute atomic E-state index is 0.0258. The van der Waals surface area contributed by atoms with Crippen LogP contribution in [0.5, 0.6) is 0 Å². The monoisotopic (exact) mass is 1300 g/mol. The van der Waals surface area contributed by atoms with Gasteiger partial charge in [-0.15, -0.1) is 0 Å². The van der Waals surface area contributed by atoms with Gasteiger partial charge in [0.05, 0.1) is 19.3 Å². The van der Waals surface area contributed by atoms with Crippen molar-refractivity contribution in [1.82, 2.24) is 0 Å². The van der Waals surface area contributed by atoms with E-state index in [1.54, 1.807) is 0 Å². The second kappa shape index (κ2) is 83.6. The number of rotatable bonds is 72. The normalized spacial score (nSPS) is 12.4. The molecule has 0 bridgehead atoms. The summed E-state index contributed by atoms with van der Waals surface area (Å²) in [6, 6.07) is 0. The van der Waals surface area contributed by atoms with Gasteiger partial charge in [-0.1, -0.05) is 439 Å². The number of carbonyl (C=O) groups excluding carboxylic acids is 3. The van der Waals surface area contributed by atoms with Crippen molar-refractivity contribution in [3.8, 4) is 0 Å². The smallest absolute Gasteiger partial charge is 0.306 e. The van der Waals surface area contributed by atoms with E-state index in [1.807, 2.05) is 13.8 Å². The van der Waals surface area contributed by atoms with Crippen molar-refractivity contribution in [1.29, 1.82) is 0 Å². The van der Waals surface area contributed by atoms with Crippen LogP contribution in [0.4, 0.5) is 0 Å². The molecule has 92 heavy (non-hydrogen) atoms. The Morgan fingerprint density at radius 2 is 0.446 bits per heavy atom. The van der Waals surface area contributed by atoms with Crippen LogP contribution in [0.3, 0.4) is 0 Å². The Labute approximate surface area is 579 Å². The van der Waals surface area contributed by atoms with Crippen LogP contribution in [-0.4, -0.2) is 37.2 Å². The standard InChI is InChI=1S/C36H72O2.C25H48O2.C25H50O2/c1-3-5-7-9-11-13-15-17-19-21-23-25-27-29-31-33-35-38-36(37)34-32-30-28-26-24-22-20-18-16-14-12-10-8-6-4-2;1-2-3-4-5-6-7-8-9-10-11-12-13-14-15-19-22-25(26)27-23-24-20-17-16-18-21-24;1-4-5-6-7-8-9-10-11-12-13-14-15-16-17-18-19-20-21-22-23-25(26)27-24(2)3/h3-35H2,1-2H3;24H,2-23H2,1H3;24H,4-23H2,1-3H3. The Balaban J connectivity index is 0. The van der Waals surface area contributed by atoms with Crippen LogP contribution in [0, 0.1) is 5.92 Å². The van der Waals surface area contributed by atoms with E-state index in [-0.39, 0.29) is 24.0 Å². The first kappa shape index (κ1) is 92.5. The Morgan fingerprint density at radius 1 is 0.250 bits per heavy atom. The number of esters is 3. The predicted molar refractivity (Wildman–Crippen MR) is 406 cm³/mol. The van der Waals surface area contributed by atoms with E-state index >= 15 is 0 Å². The van der Waals surface area contributed by atoms with Gasteiger partial charge in [0.2, 0.25) is 0 Å². The quantitative estimate of drug-likeness (QED) is 0.0343. The van der Waals surface area contributed by atoms with Gasteiger partial charge in [0, 0.05) is 19.3 Å². The molecule has 550 valence electrons. The maximum atomic E-state index is 11.9. The van der Waals surface area contributed by atoms with Crippen molar-refractivity contribution in [2.24, 2.45) is 5.92 Å². The molecule has 0 aliphatic heterocycles. The van der Waals surface area contributed by atoms with Crippen LogP contribution >= 0.6 is 0 Å². The molecule has 6 heteroatoms. The molecular weight excluding hydrogens is 1130 g/mol. The van der Waals surface area contributed by atoms with E-state index in [2.05, 4.69) is 27.7 Å². The van der Waals surface area contributed by atoms with Crippen molar-refractivity contribution >= 4 is 17.9 Å². The fraction of sp³-hybridized carbons (Fsp3) is 0.965. The highest BCUT2D eigenvalue weighted by Crippen LogP contribution is 2.25. The van der Waals surface area contributed by atoms with Crippen LogP contribution in [0.2, 0.25) is 0 Å². The zero-order chi connectivity index (χ0) is 67.0. The predicted octanol–water partition coefficient (Wildman–Crippen LogP) is 30.2. The van der Waals surface area contributed by atoms with Gasteiger partial charge >= 0.3 is 17.9 Å². The zero-order valence-electron chi connectivity index (χ0n) is 64.1. The second-order valence-electron chi connectivity index (χ2n) is 29.8. The molecule has 0 atom stereocenters. The molecule has 1 aliphatic rings. The van der Waals surface area contributed by atoms with Gasteiger partial charge in [-0.25, -0.2) is 0 Å². The maximum absolute atomic E-state index is 11.9. The molecular formula is C86H170O6. The third kappa shape index (κ3) is 84.5. The van der Waals surface area contributed by atoms with Gasteiger partial charge in [0.25, 0.3) is 0 Å². The maximum Gasteiger partial charge on any atom is 0.306 e. The van der Waals surface area contributed by atoms with Crippen molar-refractivity contribution in [3.63, 3.8) is 0 Å². The summed E-state index contributed by atoms with van der Waals surface area (Å²) >= 11 is 0. The molecule has 0 saturated heterocycles.